The van der Waals surface area contributed by atoms with Crippen LogP contribution in [0.1, 0.15) is 55.1 Å². The van der Waals surface area contributed by atoms with Crippen molar-refractivity contribution < 1.29 is 29.0 Å². The van der Waals surface area contributed by atoms with Gasteiger partial charge in [-0.3, -0.25) is 9.69 Å². The summed E-state index contributed by atoms with van der Waals surface area (Å²) in [7, 11) is 1.77. The molecule has 2 aromatic carbocycles. The lowest BCUT2D eigenvalue weighted by Crippen LogP contribution is -2.49. The molecule has 9 nitrogen and oxygen atoms in total. The lowest BCUT2D eigenvalue weighted by atomic mass is 9.94. The summed E-state index contributed by atoms with van der Waals surface area (Å²) in [4.78, 5) is 40.7. The number of nitrogens with zero attached hydrogens (tertiary/aromatic N) is 3. The lowest BCUT2D eigenvalue weighted by molar-refractivity contribution is -0.139. The van der Waals surface area contributed by atoms with Crippen molar-refractivity contribution in [2.45, 2.75) is 45.3 Å². The standard InChI is InChI=1S/C26H29N3O6/c1-6-34-24(32)17-8-10-18(11-9-17)28(5)15-21-22(23(30)31)19-12-7-16(14-27)13-20(19)29(21)25(33)35-26(2,3)4/h7-13,21-22H,6,15H2,1-5H3,(H,30,31). The highest BCUT2D eigenvalue weighted by atomic mass is 16.6. The second-order valence-corrected chi connectivity index (χ2v) is 9.27. The number of carboxylic acids is 1. The van der Waals surface area contributed by atoms with Crippen molar-refractivity contribution in [3.05, 3.63) is 59.2 Å². The maximum atomic E-state index is 13.3. The van der Waals surface area contributed by atoms with Gasteiger partial charge in [0, 0.05) is 19.3 Å². The number of carbonyl (C=O) groups is 3. The van der Waals surface area contributed by atoms with E-state index in [0.717, 1.165) is 5.69 Å². The van der Waals surface area contributed by atoms with E-state index in [0.29, 0.717) is 22.4 Å². The number of likely N-dealkylation sites (N-methyl/N-ethyl adjacent to an activating group) is 1. The molecule has 0 saturated heterocycles. The number of ether oxygens (including phenoxy) is 2. The van der Waals surface area contributed by atoms with E-state index in [4.69, 9.17) is 9.47 Å². The third-order valence-electron chi connectivity index (χ3n) is 5.61. The fraction of sp³-hybridized carbons (Fsp3) is 0.385. The molecule has 9 heteroatoms. The number of benzene rings is 2. The summed E-state index contributed by atoms with van der Waals surface area (Å²) in [6, 6.07) is 12.6. The summed E-state index contributed by atoms with van der Waals surface area (Å²) in [5.41, 5.74) is 1.43. The van der Waals surface area contributed by atoms with Crippen LogP contribution in [0.5, 0.6) is 0 Å². The normalized spacial score (nSPS) is 16.7. The number of hydrogen-bond donors (Lipinski definition) is 1. The van der Waals surface area contributed by atoms with Crippen LogP contribution in [0.4, 0.5) is 16.2 Å². The summed E-state index contributed by atoms with van der Waals surface area (Å²) in [5.74, 6) is -2.53. The number of anilines is 2. The Morgan fingerprint density at radius 3 is 2.34 bits per heavy atom. The van der Waals surface area contributed by atoms with E-state index >= 15 is 0 Å². The monoisotopic (exact) mass is 479 g/mol. The van der Waals surface area contributed by atoms with Gasteiger partial charge in [0.1, 0.15) is 11.5 Å². The van der Waals surface area contributed by atoms with E-state index in [1.54, 1.807) is 71.1 Å². The Morgan fingerprint density at radius 1 is 1.14 bits per heavy atom. The molecule has 0 aliphatic carbocycles. The molecule has 35 heavy (non-hydrogen) atoms. The second-order valence-electron chi connectivity index (χ2n) is 9.27. The molecule has 1 amide bonds. The van der Waals surface area contributed by atoms with Crippen molar-refractivity contribution in [1.82, 2.24) is 0 Å². The predicted octanol–water partition coefficient (Wildman–Crippen LogP) is 4.16. The average Bonchev–Trinajstić information content (AvgIpc) is 3.11. The maximum Gasteiger partial charge on any atom is 0.415 e. The summed E-state index contributed by atoms with van der Waals surface area (Å²) in [6.45, 7) is 7.35. The summed E-state index contributed by atoms with van der Waals surface area (Å²) in [5, 5.41) is 19.5. The Balaban J connectivity index is 1.98. The fourth-order valence-corrected chi connectivity index (χ4v) is 4.10. The van der Waals surface area contributed by atoms with Gasteiger partial charge in [0.05, 0.1) is 35.5 Å². The molecule has 0 fully saturated rings. The summed E-state index contributed by atoms with van der Waals surface area (Å²) < 4.78 is 10.6. The number of hydrogen-bond acceptors (Lipinski definition) is 7. The molecule has 3 rings (SSSR count). The second kappa shape index (κ2) is 10.1. The molecular weight excluding hydrogens is 450 g/mol. The Hall–Kier alpha value is -4.06. The molecule has 0 bridgehead atoms. The van der Waals surface area contributed by atoms with Gasteiger partial charge in [0.15, 0.2) is 0 Å². The first-order chi connectivity index (χ1) is 16.5. The summed E-state index contributed by atoms with van der Waals surface area (Å²) >= 11 is 0. The molecule has 0 aromatic heterocycles. The van der Waals surface area contributed by atoms with Crippen molar-refractivity contribution in [2.75, 3.05) is 30.0 Å². The molecule has 1 aliphatic heterocycles. The van der Waals surface area contributed by atoms with Crippen LogP contribution in [0, 0.1) is 11.3 Å². The molecule has 184 valence electrons. The highest BCUT2D eigenvalue weighted by Crippen LogP contribution is 2.43. The van der Waals surface area contributed by atoms with Crippen LogP contribution >= 0.6 is 0 Å². The number of carboxylic acid groups (broad SMARTS) is 1. The van der Waals surface area contributed by atoms with Crippen molar-refractivity contribution in [3.63, 3.8) is 0 Å². The zero-order chi connectivity index (χ0) is 25.9. The summed E-state index contributed by atoms with van der Waals surface area (Å²) in [6.07, 6.45) is -0.686. The van der Waals surface area contributed by atoms with Gasteiger partial charge in [-0.1, -0.05) is 6.07 Å². The number of esters is 1. The largest absolute Gasteiger partial charge is 0.481 e. The molecule has 1 N–H and O–H groups in total. The van der Waals surface area contributed by atoms with E-state index in [9.17, 15) is 24.8 Å². The van der Waals surface area contributed by atoms with Gasteiger partial charge < -0.3 is 19.5 Å². The van der Waals surface area contributed by atoms with E-state index in [-0.39, 0.29) is 13.2 Å². The third kappa shape index (κ3) is 5.54. The molecule has 2 aromatic rings. The molecule has 0 spiro atoms. The van der Waals surface area contributed by atoms with Gasteiger partial charge >= 0.3 is 18.0 Å². The minimum Gasteiger partial charge on any atom is -0.481 e. The van der Waals surface area contributed by atoms with Gasteiger partial charge in [0.25, 0.3) is 0 Å². The van der Waals surface area contributed by atoms with E-state index < -0.39 is 35.6 Å². The van der Waals surface area contributed by atoms with Crippen LogP contribution in [0.2, 0.25) is 0 Å². The fourth-order valence-electron chi connectivity index (χ4n) is 4.10. The van der Waals surface area contributed by atoms with E-state index in [2.05, 4.69) is 0 Å². The van der Waals surface area contributed by atoms with Crippen molar-refractivity contribution >= 4 is 29.4 Å². The van der Waals surface area contributed by atoms with Crippen molar-refractivity contribution in [1.29, 1.82) is 5.26 Å². The highest BCUT2D eigenvalue weighted by molar-refractivity contribution is 5.97. The molecule has 1 heterocycles. The van der Waals surface area contributed by atoms with Gasteiger partial charge in [-0.2, -0.15) is 5.26 Å². The van der Waals surface area contributed by atoms with Crippen LogP contribution in [-0.4, -0.2) is 55.0 Å². The van der Waals surface area contributed by atoms with Crippen LogP contribution < -0.4 is 9.80 Å². The molecular formula is C26H29N3O6. The number of nitriles is 1. The van der Waals surface area contributed by atoms with Crippen LogP contribution in [0.3, 0.4) is 0 Å². The van der Waals surface area contributed by atoms with Crippen LogP contribution in [-0.2, 0) is 14.3 Å². The number of carbonyl (C=O) groups excluding carboxylic acids is 2. The lowest BCUT2D eigenvalue weighted by Gasteiger charge is -2.33. The highest BCUT2D eigenvalue weighted by Gasteiger charge is 2.47. The Bertz CT molecular complexity index is 1160. The van der Waals surface area contributed by atoms with Gasteiger partial charge in [-0.05, 0) is 69.7 Å². The minimum atomic E-state index is -1.09. The van der Waals surface area contributed by atoms with E-state index in [1.807, 2.05) is 11.0 Å². The average molecular weight is 480 g/mol. The smallest absolute Gasteiger partial charge is 0.415 e. The molecule has 2 unspecified atom stereocenters. The first-order valence-corrected chi connectivity index (χ1v) is 11.2. The Labute approximate surface area is 204 Å². The number of amides is 1. The topological polar surface area (TPSA) is 120 Å². The Kier molecular flexibility index (Phi) is 7.34. The molecule has 0 radical (unpaired) electrons. The first kappa shape index (κ1) is 25.6. The number of fused-ring (bicyclic) bond motifs is 1. The van der Waals surface area contributed by atoms with Gasteiger partial charge in [0.2, 0.25) is 0 Å². The van der Waals surface area contributed by atoms with E-state index in [1.165, 1.54) is 11.0 Å². The predicted molar refractivity (Wildman–Crippen MR) is 130 cm³/mol. The molecule has 2 atom stereocenters. The van der Waals surface area contributed by atoms with Crippen molar-refractivity contribution in [3.8, 4) is 6.07 Å². The van der Waals surface area contributed by atoms with Gasteiger partial charge in [-0.15, -0.1) is 0 Å². The number of aliphatic carboxylic acids is 1. The quantitative estimate of drug-likeness (QED) is 0.613. The SMILES string of the molecule is CCOC(=O)c1ccc(N(C)CC2C(C(=O)O)c3ccc(C#N)cc3N2C(=O)OC(C)(C)C)cc1. The van der Waals surface area contributed by atoms with Gasteiger partial charge in [-0.25, -0.2) is 9.59 Å². The molecule has 1 aliphatic rings. The van der Waals surface area contributed by atoms with Crippen LogP contribution in [0.15, 0.2) is 42.5 Å². The Morgan fingerprint density at radius 2 is 1.80 bits per heavy atom. The number of rotatable bonds is 6. The van der Waals surface area contributed by atoms with Crippen molar-refractivity contribution in [2.24, 2.45) is 0 Å². The minimum absolute atomic E-state index is 0.158. The zero-order valence-electron chi connectivity index (χ0n) is 20.4. The third-order valence-corrected chi connectivity index (χ3v) is 5.61. The molecule has 0 saturated carbocycles. The zero-order valence-corrected chi connectivity index (χ0v) is 20.4. The van der Waals surface area contributed by atoms with Crippen LogP contribution in [0.25, 0.3) is 0 Å². The maximum absolute atomic E-state index is 13.3. The first-order valence-electron chi connectivity index (χ1n) is 11.2.